The molecule has 102 valence electrons. The fourth-order valence-corrected chi connectivity index (χ4v) is 2.94. The first-order chi connectivity index (χ1) is 9.02. The van der Waals surface area contributed by atoms with Crippen LogP contribution in [0.4, 0.5) is 0 Å². The molecule has 0 bridgehead atoms. The van der Waals surface area contributed by atoms with Crippen molar-refractivity contribution in [3.8, 4) is 0 Å². The van der Waals surface area contributed by atoms with E-state index in [0.717, 1.165) is 21.8 Å². The Morgan fingerprint density at radius 1 is 1.37 bits per heavy atom. The molecule has 0 saturated carbocycles. The average Bonchev–Trinajstić information content (AvgIpc) is 2.62. The fraction of sp³-hybridized carbons (Fsp3) is 0.400. The highest BCUT2D eigenvalue weighted by Crippen LogP contribution is 2.29. The molecule has 2 aromatic rings. The van der Waals surface area contributed by atoms with E-state index in [0.29, 0.717) is 18.2 Å². The SMILES string of the molecule is CC(C)CCNC(=O)c1c(Br)c2ccccc2n1C. The molecule has 0 aliphatic rings. The van der Waals surface area contributed by atoms with Crippen LogP contribution in [0.15, 0.2) is 28.7 Å². The van der Waals surface area contributed by atoms with E-state index >= 15 is 0 Å². The average molecular weight is 323 g/mol. The van der Waals surface area contributed by atoms with Crippen LogP contribution in [0.2, 0.25) is 0 Å². The number of aryl methyl sites for hydroxylation is 1. The van der Waals surface area contributed by atoms with Crippen LogP contribution >= 0.6 is 15.9 Å². The number of rotatable bonds is 4. The molecular formula is C15H19BrN2O. The second-order valence-corrected chi connectivity index (χ2v) is 5.97. The lowest BCUT2D eigenvalue weighted by atomic mass is 10.1. The van der Waals surface area contributed by atoms with Gasteiger partial charge in [0.2, 0.25) is 0 Å². The number of hydrogen-bond acceptors (Lipinski definition) is 1. The summed E-state index contributed by atoms with van der Waals surface area (Å²) in [5, 5.41) is 4.05. The maximum Gasteiger partial charge on any atom is 0.269 e. The van der Waals surface area contributed by atoms with Crippen LogP contribution in [0.1, 0.15) is 30.8 Å². The first kappa shape index (κ1) is 14.1. The van der Waals surface area contributed by atoms with Gasteiger partial charge >= 0.3 is 0 Å². The van der Waals surface area contributed by atoms with E-state index in [-0.39, 0.29) is 5.91 Å². The van der Waals surface area contributed by atoms with Crippen LogP contribution in [0.3, 0.4) is 0 Å². The maximum atomic E-state index is 12.3. The molecule has 2 rings (SSSR count). The van der Waals surface area contributed by atoms with Crippen molar-refractivity contribution >= 4 is 32.7 Å². The first-order valence-corrected chi connectivity index (χ1v) is 7.32. The smallest absolute Gasteiger partial charge is 0.269 e. The summed E-state index contributed by atoms with van der Waals surface area (Å²) in [7, 11) is 1.92. The second-order valence-electron chi connectivity index (χ2n) is 5.18. The van der Waals surface area contributed by atoms with Crippen molar-refractivity contribution in [1.82, 2.24) is 9.88 Å². The van der Waals surface area contributed by atoms with Crippen LogP contribution in [0.25, 0.3) is 10.9 Å². The summed E-state index contributed by atoms with van der Waals surface area (Å²) in [6, 6.07) is 8.00. The Labute approximate surface area is 122 Å². The van der Waals surface area contributed by atoms with Crippen LogP contribution in [-0.4, -0.2) is 17.0 Å². The number of halogens is 1. The van der Waals surface area contributed by atoms with Gasteiger partial charge in [-0.2, -0.15) is 0 Å². The Morgan fingerprint density at radius 2 is 2.05 bits per heavy atom. The van der Waals surface area contributed by atoms with Gasteiger partial charge in [-0.25, -0.2) is 0 Å². The van der Waals surface area contributed by atoms with Gasteiger partial charge in [0.15, 0.2) is 0 Å². The molecule has 1 heterocycles. The number of para-hydroxylation sites is 1. The summed E-state index contributed by atoms with van der Waals surface area (Å²) in [5.74, 6) is 0.572. The van der Waals surface area contributed by atoms with Crippen LogP contribution < -0.4 is 5.32 Å². The van der Waals surface area contributed by atoms with Crippen molar-refractivity contribution in [3.05, 3.63) is 34.4 Å². The van der Waals surface area contributed by atoms with Crippen molar-refractivity contribution in [2.45, 2.75) is 20.3 Å². The molecule has 1 aromatic heterocycles. The van der Waals surface area contributed by atoms with Crippen molar-refractivity contribution in [2.24, 2.45) is 13.0 Å². The number of carbonyl (C=O) groups excluding carboxylic acids is 1. The Morgan fingerprint density at radius 3 is 2.68 bits per heavy atom. The van der Waals surface area contributed by atoms with Gasteiger partial charge in [-0.05, 0) is 34.3 Å². The predicted molar refractivity (Wildman–Crippen MR) is 82.4 cm³/mol. The Kier molecular flexibility index (Phi) is 4.30. The third-order valence-corrected chi connectivity index (χ3v) is 4.07. The minimum absolute atomic E-state index is 0.0220. The van der Waals surface area contributed by atoms with E-state index in [9.17, 15) is 4.79 Å². The van der Waals surface area contributed by atoms with Gasteiger partial charge in [0.05, 0.1) is 4.47 Å². The van der Waals surface area contributed by atoms with Gasteiger partial charge in [-0.15, -0.1) is 0 Å². The summed E-state index contributed by atoms with van der Waals surface area (Å²) in [5.41, 5.74) is 1.74. The zero-order valence-electron chi connectivity index (χ0n) is 11.5. The molecule has 1 amide bonds. The normalized spacial score (nSPS) is 11.2. The minimum atomic E-state index is -0.0220. The molecule has 0 aliphatic carbocycles. The summed E-state index contributed by atoms with van der Waals surface area (Å²) in [6.07, 6.45) is 0.993. The van der Waals surface area contributed by atoms with Gasteiger partial charge in [-0.1, -0.05) is 32.0 Å². The standard InChI is InChI=1S/C15H19BrN2O/c1-10(2)8-9-17-15(19)14-13(16)11-6-4-5-7-12(11)18(14)3/h4-7,10H,8-9H2,1-3H3,(H,17,19). The number of nitrogens with zero attached hydrogens (tertiary/aromatic N) is 1. The predicted octanol–water partition coefficient (Wildman–Crippen LogP) is 3.72. The molecule has 4 heteroatoms. The molecule has 0 atom stereocenters. The maximum absolute atomic E-state index is 12.3. The molecule has 1 aromatic carbocycles. The number of hydrogen-bond donors (Lipinski definition) is 1. The van der Waals surface area contributed by atoms with Crippen molar-refractivity contribution < 1.29 is 4.79 Å². The molecule has 19 heavy (non-hydrogen) atoms. The van der Waals surface area contributed by atoms with Crippen LogP contribution in [-0.2, 0) is 7.05 Å². The van der Waals surface area contributed by atoms with Crippen molar-refractivity contribution in [1.29, 1.82) is 0 Å². The summed E-state index contributed by atoms with van der Waals surface area (Å²) < 4.78 is 2.80. The molecule has 0 unspecified atom stereocenters. The summed E-state index contributed by atoms with van der Waals surface area (Å²) in [4.78, 5) is 12.3. The molecule has 1 N–H and O–H groups in total. The molecule has 3 nitrogen and oxygen atoms in total. The molecule has 0 aliphatic heterocycles. The number of benzene rings is 1. The summed E-state index contributed by atoms with van der Waals surface area (Å²) >= 11 is 3.54. The van der Waals surface area contributed by atoms with E-state index in [1.165, 1.54) is 0 Å². The van der Waals surface area contributed by atoms with E-state index in [4.69, 9.17) is 0 Å². The van der Waals surface area contributed by atoms with Gasteiger partial charge in [0.25, 0.3) is 5.91 Å². The largest absolute Gasteiger partial charge is 0.351 e. The Hall–Kier alpha value is -1.29. The number of aromatic nitrogens is 1. The molecular weight excluding hydrogens is 304 g/mol. The number of nitrogens with one attached hydrogen (secondary N) is 1. The lowest BCUT2D eigenvalue weighted by Crippen LogP contribution is -2.27. The van der Waals surface area contributed by atoms with Gasteiger partial charge in [0.1, 0.15) is 5.69 Å². The van der Waals surface area contributed by atoms with E-state index in [1.54, 1.807) is 0 Å². The monoisotopic (exact) mass is 322 g/mol. The highest BCUT2D eigenvalue weighted by Gasteiger charge is 2.18. The Bertz CT molecular complexity index is 562. The number of amides is 1. The van der Waals surface area contributed by atoms with Crippen LogP contribution in [0.5, 0.6) is 0 Å². The quantitative estimate of drug-likeness (QED) is 0.914. The minimum Gasteiger partial charge on any atom is -0.351 e. The van der Waals surface area contributed by atoms with E-state index in [2.05, 4.69) is 35.1 Å². The number of carbonyl (C=O) groups is 1. The van der Waals surface area contributed by atoms with Crippen LogP contribution in [0, 0.1) is 5.92 Å². The van der Waals surface area contributed by atoms with Gasteiger partial charge in [-0.3, -0.25) is 4.79 Å². The summed E-state index contributed by atoms with van der Waals surface area (Å²) in [6.45, 7) is 5.02. The third kappa shape index (κ3) is 2.84. The molecule has 0 fully saturated rings. The zero-order chi connectivity index (χ0) is 14.0. The molecule has 0 radical (unpaired) electrons. The second kappa shape index (κ2) is 5.78. The third-order valence-electron chi connectivity index (χ3n) is 3.27. The van der Waals surface area contributed by atoms with Crippen molar-refractivity contribution in [3.63, 3.8) is 0 Å². The lowest BCUT2D eigenvalue weighted by Gasteiger charge is -2.08. The van der Waals surface area contributed by atoms with E-state index in [1.807, 2.05) is 35.9 Å². The lowest BCUT2D eigenvalue weighted by molar-refractivity contribution is 0.0943. The zero-order valence-corrected chi connectivity index (χ0v) is 13.1. The van der Waals surface area contributed by atoms with Gasteiger partial charge in [0, 0.05) is 24.5 Å². The molecule has 0 spiro atoms. The van der Waals surface area contributed by atoms with E-state index < -0.39 is 0 Å². The Balaban J connectivity index is 2.27. The first-order valence-electron chi connectivity index (χ1n) is 6.53. The topological polar surface area (TPSA) is 34.0 Å². The highest BCUT2D eigenvalue weighted by molar-refractivity contribution is 9.10. The number of fused-ring (bicyclic) bond motifs is 1. The van der Waals surface area contributed by atoms with Gasteiger partial charge < -0.3 is 9.88 Å². The fourth-order valence-electron chi connectivity index (χ4n) is 2.16. The van der Waals surface area contributed by atoms with Crippen molar-refractivity contribution in [2.75, 3.05) is 6.54 Å². The molecule has 0 saturated heterocycles. The highest BCUT2D eigenvalue weighted by atomic mass is 79.9.